The molecular weight excluding hydrogens is 392 g/mol. The van der Waals surface area contributed by atoms with Gasteiger partial charge in [-0.2, -0.15) is 5.26 Å². The van der Waals surface area contributed by atoms with Crippen LogP contribution in [0.5, 0.6) is 0 Å². The van der Waals surface area contributed by atoms with E-state index in [-0.39, 0.29) is 17.9 Å². The third-order valence-electron chi connectivity index (χ3n) is 6.19. The van der Waals surface area contributed by atoms with E-state index in [2.05, 4.69) is 23.5 Å². The summed E-state index contributed by atoms with van der Waals surface area (Å²) >= 11 is 0. The Kier molecular flexibility index (Phi) is 5.27. The number of carbonyl (C=O) groups is 1. The summed E-state index contributed by atoms with van der Waals surface area (Å²) in [5.41, 5.74) is 6.29. The normalized spacial score (nSPS) is 13.1. The van der Waals surface area contributed by atoms with E-state index in [1.165, 1.54) is 0 Å². The van der Waals surface area contributed by atoms with Crippen molar-refractivity contribution in [2.24, 2.45) is 5.92 Å². The Hall–Kier alpha value is -4.16. The van der Waals surface area contributed by atoms with Crippen LogP contribution < -0.4 is 5.32 Å². The van der Waals surface area contributed by atoms with Crippen molar-refractivity contribution < 1.29 is 4.79 Å². The van der Waals surface area contributed by atoms with Crippen LogP contribution in [0.3, 0.4) is 0 Å². The highest BCUT2D eigenvalue weighted by molar-refractivity contribution is 5.87. The van der Waals surface area contributed by atoms with E-state index in [1.807, 2.05) is 97.1 Å². The van der Waals surface area contributed by atoms with E-state index in [1.54, 1.807) is 0 Å². The van der Waals surface area contributed by atoms with Gasteiger partial charge >= 0.3 is 0 Å². The van der Waals surface area contributed by atoms with Crippen LogP contribution in [0.1, 0.15) is 34.2 Å². The molecule has 1 aliphatic carbocycles. The van der Waals surface area contributed by atoms with Crippen LogP contribution in [-0.2, 0) is 4.79 Å². The molecule has 1 unspecified atom stereocenters. The van der Waals surface area contributed by atoms with Crippen molar-refractivity contribution in [3.63, 3.8) is 0 Å². The number of nitriles is 1. The number of amides is 1. The van der Waals surface area contributed by atoms with Gasteiger partial charge in [0, 0.05) is 5.92 Å². The van der Waals surface area contributed by atoms with Gasteiger partial charge in [-0.25, -0.2) is 0 Å². The molecule has 3 heteroatoms. The number of fused-ring (bicyclic) bond motifs is 3. The molecule has 0 saturated heterocycles. The molecule has 0 bridgehead atoms. The van der Waals surface area contributed by atoms with Crippen LogP contribution in [0.2, 0.25) is 0 Å². The summed E-state index contributed by atoms with van der Waals surface area (Å²) in [5, 5.41) is 13.3. The average molecular weight is 415 g/mol. The predicted octanol–water partition coefficient (Wildman–Crippen LogP) is 5.84. The van der Waals surface area contributed by atoms with Crippen molar-refractivity contribution in [1.29, 1.82) is 5.26 Å². The molecule has 0 aromatic heterocycles. The van der Waals surface area contributed by atoms with Crippen molar-refractivity contribution >= 4 is 5.91 Å². The SMILES string of the molecule is N#CC(C(=O)NC1c2ccccc2-c2ccccc21)C(c1ccccc1)c1ccccc1. The first-order chi connectivity index (χ1) is 15.8. The van der Waals surface area contributed by atoms with E-state index >= 15 is 0 Å². The number of hydrogen-bond acceptors (Lipinski definition) is 2. The second-order valence-corrected chi connectivity index (χ2v) is 8.02. The number of nitrogens with zero attached hydrogens (tertiary/aromatic N) is 1. The Morgan fingerprint density at radius 2 is 1.12 bits per heavy atom. The first kappa shape index (κ1) is 19.8. The third-order valence-corrected chi connectivity index (χ3v) is 6.19. The van der Waals surface area contributed by atoms with Gasteiger partial charge in [0.05, 0.1) is 12.1 Å². The maximum Gasteiger partial charge on any atom is 0.239 e. The highest BCUT2D eigenvalue weighted by Gasteiger charge is 2.35. The minimum atomic E-state index is -0.861. The first-order valence-corrected chi connectivity index (χ1v) is 10.8. The summed E-state index contributed by atoms with van der Waals surface area (Å²) in [7, 11) is 0. The lowest BCUT2D eigenvalue weighted by Crippen LogP contribution is -2.36. The lowest BCUT2D eigenvalue weighted by atomic mass is 9.80. The number of carbonyl (C=O) groups excluding carboxylic acids is 1. The number of hydrogen-bond donors (Lipinski definition) is 1. The Labute approximate surface area is 188 Å². The van der Waals surface area contributed by atoms with Crippen molar-refractivity contribution in [2.75, 3.05) is 0 Å². The fourth-order valence-corrected chi connectivity index (χ4v) is 4.73. The van der Waals surface area contributed by atoms with Crippen molar-refractivity contribution in [3.8, 4) is 17.2 Å². The minimum absolute atomic E-state index is 0.262. The largest absolute Gasteiger partial charge is 0.344 e. The van der Waals surface area contributed by atoms with Crippen molar-refractivity contribution in [1.82, 2.24) is 5.32 Å². The van der Waals surface area contributed by atoms with Gasteiger partial charge in [0.25, 0.3) is 0 Å². The molecule has 4 aromatic rings. The van der Waals surface area contributed by atoms with E-state index in [9.17, 15) is 10.1 Å². The van der Waals surface area contributed by atoms with Crippen LogP contribution in [0.4, 0.5) is 0 Å². The molecule has 1 amide bonds. The van der Waals surface area contributed by atoms with Crippen LogP contribution in [0.15, 0.2) is 109 Å². The summed E-state index contributed by atoms with van der Waals surface area (Å²) in [4.78, 5) is 13.6. The molecular formula is C29H22N2O. The zero-order chi connectivity index (χ0) is 21.9. The van der Waals surface area contributed by atoms with Gasteiger partial charge in [-0.1, -0.05) is 109 Å². The van der Waals surface area contributed by atoms with E-state index in [0.29, 0.717) is 0 Å². The molecule has 4 aromatic carbocycles. The summed E-state index contributed by atoms with van der Waals surface area (Å²) in [6.45, 7) is 0. The summed E-state index contributed by atoms with van der Waals surface area (Å²) in [6, 6.07) is 37.9. The van der Waals surface area contributed by atoms with Gasteiger partial charge in [-0.15, -0.1) is 0 Å². The quantitative estimate of drug-likeness (QED) is 0.446. The van der Waals surface area contributed by atoms with Gasteiger partial charge in [0.1, 0.15) is 5.92 Å². The molecule has 0 spiro atoms. The van der Waals surface area contributed by atoms with E-state index in [4.69, 9.17) is 0 Å². The second-order valence-electron chi connectivity index (χ2n) is 8.02. The standard InChI is InChI=1S/C29H22N2O/c30-19-26(27(20-11-3-1-4-12-20)21-13-5-2-6-14-21)29(32)31-28-24-17-9-7-15-22(24)23-16-8-10-18-25(23)28/h1-18,26-28H,(H,31,32). The van der Waals surface area contributed by atoms with Gasteiger partial charge in [0.15, 0.2) is 0 Å². The molecule has 0 aliphatic heterocycles. The summed E-state index contributed by atoms with van der Waals surface area (Å²) < 4.78 is 0. The molecule has 32 heavy (non-hydrogen) atoms. The van der Waals surface area contributed by atoms with Crippen LogP contribution in [-0.4, -0.2) is 5.91 Å². The van der Waals surface area contributed by atoms with Crippen molar-refractivity contribution in [3.05, 3.63) is 131 Å². The molecule has 1 atom stereocenters. The Balaban J connectivity index is 1.52. The van der Waals surface area contributed by atoms with Crippen LogP contribution in [0, 0.1) is 17.2 Å². The smallest absolute Gasteiger partial charge is 0.239 e. The number of benzene rings is 4. The zero-order valence-corrected chi connectivity index (χ0v) is 17.5. The molecule has 0 heterocycles. The Morgan fingerprint density at radius 1 is 0.688 bits per heavy atom. The first-order valence-electron chi connectivity index (χ1n) is 10.8. The average Bonchev–Trinajstić information content (AvgIpc) is 3.17. The molecule has 0 fully saturated rings. The number of nitrogens with one attached hydrogen (secondary N) is 1. The van der Waals surface area contributed by atoms with Gasteiger partial charge < -0.3 is 5.32 Å². The maximum absolute atomic E-state index is 13.6. The predicted molar refractivity (Wildman–Crippen MR) is 126 cm³/mol. The highest BCUT2D eigenvalue weighted by Crippen LogP contribution is 2.43. The lowest BCUT2D eigenvalue weighted by molar-refractivity contribution is -0.124. The maximum atomic E-state index is 13.6. The van der Waals surface area contributed by atoms with Crippen LogP contribution >= 0.6 is 0 Å². The monoisotopic (exact) mass is 414 g/mol. The Morgan fingerprint density at radius 3 is 1.59 bits per heavy atom. The third kappa shape index (κ3) is 3.46. The van der Waals surface area contributed by atoms with E-state index < -0.39 is 5.92 Å². The lowest BCUT2D eigenvalue weighted by Gasteiger charge is -2.25. The molecule has 3 nitrogen and oxygen atoms in total. The van der Waals surface area contributed by atoms with Crippen molar-refractivity contribution in [2.45, 2.75) is 12.0 Å². The van der Waals surface area contributed by atoms with Gasteiger partial charge in [-0.3, -0.25) is 4.79 Å². The highest BCUT2D eigenvalue weighted by atomic mass is 16.2. The summed E-state index contributed by atoms with van der Waals surface area (Å²) in [6.07, 6.45) is 0. The molecule has 0 saturated carbocycles. The number of rotatable bonds is 5. The fraction of sp³-hybridized carbons (Fsp3) is 0.103. The Bertz CT molecular complexity index is 1210. The molecule has 154 valence electrons. The zero-order valence-electron chi connectivity index (χ0n) is 17.5. The molecule has 5 rings (SSSR count). The fourth-order valence-electron chi connectivity index (χ4n) is 4.73. The summed E-state index contributed by atoms with van der Waals surface area (Å²) in [5.74, 6) is -1.48. The van der Waals surface area contributed by atoms with Gasteiger partial charge in [-0.05, 0) is 33.4 Å². The second kappa shape index (κ2) is 8.53. The molecule has 1 N–H and O–H groups in total. The molecule has 1 aliphatic rings. The molecule has 0 radical (unpaired) electrons. The van der Waals surface area contributed by atoms with E-state index in [0.717, 1.165) is 33.4 Å². The van der Waals surface area contributed by atoms with Gasteiger partial charge in [0.2, 0.25) is 5.91 Å². The topological polar surface area (TPSA) is 52.9 Å². The minimum Gasteiger partial charge on any atom is -0.344 e. The van der Waals surface area contributed by atoms with Crippen LogP contribution in [0.25, 0.3) is 11.1 Å².